The molecule has 5 heteroatoms. The van der Waals surface area contributed by atoms with Gasteiger partial charge in [0.15, 0.2) is 0 Å². The van der Waals surface area contributed by atoms with Crippen LogP contribution in [-0.2, 0) is 4.74 Å². The standard InChI is InChI=1S/C7H14O5/c8-3-5-7(11)6(10)4(9)1-2-12-5/h4-11H,1-3H2/t4-,5-,6+,7-/m1/s1. The highest BCUT2D eigenvalue weighted by atomic mass is 16.5. The minimum atomic E-state index is -1.23. The van der Waals surface area contributed by atoms with Crippen molar-refractivity contribution < 1.29 is 25.2 Å². The minimum Gasteiger partial charge on any atom is -0.394 e. The Bertz CT molecular complexity index is 138. The number of aliphatic hydroxyl groups is 4. The zero-order valence-corrected chi connectivity index (χ0v) is 6.63. The first kappa shape index (κ1) is 9.88. The normalized spacial score (nSPS) is 44.0. The fraction of sp³-hybridized carbons (Fsp3) is 1.00. The number of aliphatic hydroxyl groups excluding tert-OH is 4. The van der Waals surface area contributed by atoms with Crippen LogP contribution in [0.1, 0.15) is 6.42 Å². The summed E-state index contributed by atoms with van der Waals surface area (Å²) in [6.45, 7) is -0.120. The summed E-state index contributed by atoms with van der Waals surface area (Å²) in [6, 6.07) is 0. The van der Waals surface area contributed by atoms with Crippen LogP contribution in [0.25, 0.3) is 0 Å². The summed E-state index contributed by atoms with van der Waals surface area (Å²) >= 11 is 0. The van der Waals surface area contributed by atoms with Gasteiger partial charge in [-0.2, -0.15) is 0 Å². The first-order chi connectivity index (χ1) is 5.66. The average Bonchev–Trinajstić information content (AvgIpc) is 2.19. The van der Waals surface area contributed by atoms with E-state index in [1.807, 2.05) is 0 Å². The molecule has 0 unspecified atom stereocenters. The summed E-state index contributed by atoms with van der Waals surface area (Å²) in [5, 5.41) is 36.4. The molecule has 1 rings (SSSR count). The SMILES string of the molecule is OC[C@H]1OCC[C@@H](O)[C@H](O)[C@@H]1O. The molecule has 0 aromatic carbocycles. The lowest BCUT2D eigenvalue weighted by molar-refractivity contribution is -0.106. The molecule has 1 heterocycles. The molecule has 0 saturated carbocycles. The summed E-state index contributed by atoms with van der Waals surface area (Å²) in [6.07, 6.45) is -3.94. The predicted octanol–water partition coefficient (Wildman–Crippen LogP) is -2.15. The van der Waals surface area contributed by atoms with Crippen molar-refractivity contribution in [2.24, 2.45) is 0 Å². The van der Waals surface area contributed by atoms with Gasteiger partial charge in [0.1, 0.15) is 18.3 Å². The second kappa shape index (κ2) is 4.15. The van der Waals surface area contributed by atoms with Crippen LogP contribution in [0, 0.1) is 0 Å². The Balaban J connectivity index is 2.59. The fourth-order valence-corrected chi connectivity index (χ4v) is 1.22. The van der Waals surface area contributed by atoms with Crippen molar-refractivity contribution in [1.82, 2.24) is 0 Å². The lowest BCUT2D eigenvalue weighted by Gasteiger charge is -2.23. The third-order valence-electron chi connectivity index (χ3n) is 2.05. The maximum absolute atomic E-state index is 9.29. The summed E-state index contributed by atoms with van der Waals surface area (Å²) < 4.78 is 4.99. The average molecular weight is 178 g/mol. The predicted molar refractivity (Wildman–Crippen MR) is 39.5 cm³/mol. The van der Waals surface area contributed by atoms with E-state index in [4.69, 9.17) is 14.9 Å². The van der Waals surface area contributed by atoms with Crippen LogP contribution in [0.15, 0.2) is 0 Å². The molecule has 12 heavy (non-hydrogen) atoms. The molecule has 0 aliphatic carbocycles. The fourth-order valence-electron chi connectivity index (χ4n) is 1.22. The van der Waals surface area contributed by atoms with E-state index < -0.39 is 24.4 Å². The Morgan fingerprint density at radius 2 is 1.83 bits per heavy atom. The van der Waals surface area contributed by atoms with E-state index >= 15 is 0 Å². The van der Waals surface area contributed by atoms with Gasteiger partial charge in [-0.1, -0.05) is 0 Å². The lowest BCUT2D eigenvalue weighted by atomic mass is 10.0. The smallest absolute Gasteiger partial charge is 0.111 e. The van der Waals surface area contributed by atoms with Crippen LogP contribution in [0.2, 0.25) is 0 Å². The van der Waals surface area contributed by atoms with Crippen LogP contribution in [0.3, 0.4) is 0 Å². The van der Waals surface area contributed by atoms with Gasteiger partial charge in [0.2, 0.25) is 0 Å². The van der Waals surface area contributed by atoms with E-state index in [0.717, 1.165) is 0 Å². The maximum atomic E-state index is 9.29. The van der Waals surface area contributed by atoms with Gasteiger partial charge in [0, 0.05) is 6.61 Å². The topological polar surface area (TPSA) is 90.2 Å². The Morgan fingerprint density at radius 3 is 2.42 bits per heavy atom. The first-order valence-corrected chi connectivity index (χ1v) is 3.93. The Labute approximate surface area is 70.2 Å². The van der Waals surface area contributed by atoms with Crippen molar-refractivity contribution in [2.75, 3.05) is 13.2 Å². The van der Waals surface area contributed by atoms with Crippen LogP contribution in [0.4, 0.5) is 0 Å². The molecule has 4 N–H and O–H groups in total. The van der Waals surface area contributed by atoms with Crippen LogP contribution in [0.5, 0.6) is 0 Å². The minimum absolute atomic E-state index is 0.237. The summed E-state index contributed by atoms with van der Waals surface area (Å²) in [4.78, 5) is 0. The first-order valence-electron chi connectivity index (χ1n) is 3.93. The molecule has 0 spiro atoms. The molecule has 1 fully saturated rings. The van der Waals surface area contributed by atoms with Crippen LogP contribution < -0.4 is 0 Å². The quantitative estimate of drug-likeness (QED) is 0.367. The lowest BCUT2D eigenvalue weighted by Crippen LogP contribution is -2.44. The van der Waals surface area contributed by atoms with Gasteiger partial charge in [-0.05, 0) is 6.42 Å². The van der Waals surface area contributed by atoms with Gasteiger partial charge in [0.25, 0.3) is 0 Å². The Hall–Kier alpha value is -0.200. The summed E-state index contributed by atoms with van der Waals surface area (Å²) in [5.74, 6) is 0. The van der Waals surface area contributed by atoms with E-state index in [1.165, 1.54) is 0 Å². The molecule has 5 nitrogen and oxygen atoms in total. The molecule has 1 aliphatic rings. The van der Waals surface area contributed by atoms with E-state index in [9.17, 15) is 10.2 Å². The third-order valence-corrected chi connectivity index (χ3v) is 2.05. The van der Waals surface area contributed by atoms with E-state index in [-0.39, 0.29) is 19.6 Å². The van der Waals surface area contributed by atoms with Crippen molar-refractivity contribution in [1.29, 1.82) is 0 Å². The van der Waals surface area contributed by atoms with Crippen LogP contribution >= 0.6 is 0 Å². The molecule has 72 valence electrons. The Kier molecular flexibility index (Phi) is 3.42. The van der Waals surface area contributed by atoms with Gasteiger partial charge in [-0.15, -0.1) is 0 Å². The molecular weight excluding hydrogens is 164 g/mol. The second-order valence-corrected chi connectivity index (χ2v) is 2.93. The molecule has 0 radical (unpaired) electrons. The van der Waals surface area contributed by atoms with E-state index in [2.05, 4.69) is 0 Å². The second-order valence-electron chi connectivity index (χ2n) is 2.93. The highest BCUT2D eigenvalue weighted by Gasteiger charge is 2.34. The van der Waals surface area contributed by atoms with Crippen molar-refractivity contribution in [3.63, 3.8) is 0 Å². The number of ether oxygens (including phenoxy) is 1. The van der Waals surface area contributed by atoms with E-state index in [1.54, 1.807) is 0 Å². The molecule has 0 aromatic heterocycles. The monoisotopic (exact) mass is 178 g/mol. The van der Waals surface area contributed by atoms with Gasteiger partial charge >= 0.3 is 0 Å². The number of hydrogen-bond donors (Lipinski definition) is 4. The maximum Gasteiger partial charge on any atom is 0.111 e. The van der Waals surface area contributed by atoms with Crippen molar-refractivity contribution in [3.8, 4) is 0 Å². The van der Waals surface area contributed by atoms with Gasteiger partial charge < -0.3 is 25.2 Å². The summed E-state index contributed by atoms with van der Waals surface area (Å²) in [7, 11) is 0. The molecule has 0 amide bonds. The van der Waals surface area contributed by atoms with Crippen molar-refractivity contribution >= 4 is 0 Å². The van der Waals surface area contributed by atoms with Gasteiger partial charge in [-0.25, -0.2) is 0 Å². The van der Waals surface area contributed by atoms with Crippen molar-refractivity contribution in [2.45, 2.75) is 30.8 Å². The van der Waals surface area contributed by atoms with Gasteiger partial charge in [0.05, 0.1) is 12.7 Å². The summed E-state index contributed by atoms with van der Waals surface area (Å²) in [5.41, 5.74) is 0. The highest BCUT2D eigenvalue weighted by Crippen LogP contribution is 2.15. The van der Waals surface area contributed by atoms with Crippen molar-refractivity contribution in [3.05, 3.63) is 0 Å². The zero-order chi connectivity index (χ0) is 9.14. The molecule has 0 aromatic rings. The molecule has 1 saturated heterocycles. The largest absolute Gasteiger partial charge is 0.394 e. The van der Waals surface area contributed by atoms with Gasteiger partial charge in [-0.3, -0.25) is 0 Å². The Morgan fingerprint density at radius 1 is 1.17 bits per heavy atom. The molecule has 0 bridgehead atoms. The van der Waals surface area contributed by atoms with E-state index in [0.29, 0.717) is 0 Å². The number of hydrogen-bond acceptors (Lipinski definition) is 5. The van der Waals surface area contributed by atoms with Crippen LogP contribution in [-0.4, -0.2) is 58.1 Å². The zero-order valence-electron chi connectivity index (χ0n) is 6.63. The molecule has 4 atom stereocenters. The highest BCUT2D eigenvalue weighted by molar-refractivity contribution is 4.84. The molecule has 1 aliphatic heterocycles. The third kappa shape index (κ3) is 1.94. The number of rotatable bonds is 1. The molecular formula is C7H14O5.